The molecule has 12 heavy (non-hydrogen) atoms. The maximum absolute atomic E-state index is 2.52. The van der Waals surface area contributed by atoms with E-state index in [2.05, 4.69) is 19.9 Å². The standard InChI is InChI=1S/C12H20/c1-3-4-5-10-6-9(2)7-11-8-12(10)11/h7,10-12H,3-6,8H2,1-2H3. The van der Waals surface area contributed by atoms with Gasteiger partial charge in [0.25, 0.3) is 0 Å². The molecule has 0 aromatic rings. The molecule has 2 aliphatic rings. The maximum atomic E-state index is 2.52. The first kappa shape index (κ1) is 8.34. The van der Waals surface area contributed by atoms with Crippen molar-refractivity contribution >= 4 is 0 Å². The second-order valence-corrected chi connectivity index (χ2v) is 4.68. The van der Waals surface area contributed by atoms with Crippen LogP contribution in [0.3, 0.4) is 0 Å². The van der Waals surface area contributed by atoms with Crippen LogP contribution in [0.5, 0.6) is 0 Å². The van der Waals surface area contributed by atoms with Crippen LogP contribution in [0, 0.1) is 17.8 Å². The molecule has 2 rings (SSSR count). The van der Waals surface area contributed by atoms with E-state index in [0.29, 0.717) is 0 Å². The Kier molecular flexibility index (Phi) is 2.25. The summed E-state index contributed by atoms with van der Waals surface area (Å²) in [6.07, 6.45) is 9.74. The first-order valence-electron chi connectivity index (χ1n) is 5.48. The molecule has 3 atom stereocenters. The molecule has 2 aliphatic carbocycles. The van der Waals surface area contributed by atoms with Gasteiger partial charge in [0.1, 0.15) is 0 Å². The van der Waals surface area contributed by atoms with Crippen LogP contribution >= 0.6 is 0 Å². The third-order valence-corrected chi connectivity index (χ3v) is 3.51. The van der Waals surface area contributed by atoms with E-state index < -0.39 is 0 Å². The smallest absolute Gasteiger partial charge is 0.0197 e. The van der Waals surface area contributed by atoms with Gasteiger partial charge in [-0.05, 0) is 43.9 Å². The number of rotatable bonds is 3. The second kappa shape index (κ2) is 3.24. The maximum Gasteiger partial charge on any atom is -0.0197 e. The third-order valence-electron chi connectivity index (χ3n) is 3.51. The van der Waals surface area contributed by atoms with Gasteiger partial charge in [-0.1, -0.05) is 31.4 Å². The van der Waals surface area contributed by atoms with Gasteiger partial charge in [-0.2, -0.15) is 0 Å². The SMILES string of the molecule is CCCCC1CC(C)=CC2CC21. The highest BCUT2D eigenvalue weighted by atomic mass is 14.5. The van der Waals surface area contributed by atoms with E-state index in [-0.39, 0.29) is 0 Å². The van der Waals surface area contributed by atoms with Crippen molar-refractivity contribution in [3.05, 3.63) is 11.6 Å². The van der Waals surface area contributed by atoms with Crippen molar-refractivity contribution < 1.29 is 0 Å². The fraction of sp³-hybridized carbons (Fsp3) is 0.833. The van der Waals surface area contributed by atoms with Crippen molar-refractivity contribution in [3.8, 4) is 0 Å². The lowest BCUT2D eigenvalue weighted by molar-refractivity contribution is 0.387. The quantitative estimate of drug-likeness (QED) is 0.557. The number of fused-ring (bicyclic) bond motifs is 1. The van der Waals surface area contributed by atoms with E-state index in [1.165, 1.54) is 32.1 Å². The predicted octanol–water partition coefficient (Wildman–Crippen LogP) is 3.78. The largest absolute Gasteiger partial charge is 0.0822 e. The molecule has 0 bridgehead atoms. The van der Waals surface area contributed by atoms with Crippen molar-refractivity contribution in [3.63, 3.8) is 0 Å². The van der Waals surface area contributed by atoms with Gasteiger partial charge >= 0.3 is 0 Å². The zero-order valence-corrected chi connectivity index (χ0v) is 8.34. The van der Waals surface area contributed by atoms with Crippen LogP contribution in [-0.2, 0) is 0 Å². The molecule has 0 aromatic carbocycles. The fourth-order valence-electron chi connectivity index (χ4n) is 2.75. The molecule has 0 saturated heterocycles. The summed E-state index contributed by atoms with van der Waals surface area (Å²) in [6, 6.07) is 0. The molecule has 1 fully saturated rings. The van der Waals surface area contributed by atoms with Gasteiger partial charge in [0, 0.05) is 0 Å². The molecule has 68 valence electrons. The molecular weight excluding hydrogens is 144 g/mol. The van der Waals surface area contributed by atoms with E-state index in [4.69, 9.17) is 0 Å². The molecule has 1 saturated carbocycles. The lowest BCUT2D eigenvalue weighted by Crippen LogP contribution is -2.08. The van der Waals surface area contributed by atoms with Crippen LogP contribution in [0.25, 0.3) is 0 Å². The van der Waals surface area contributed by atoms with Gasteiger partial charge in [0.2, 0.25) is 0 Å². The van der Waals surface area contributed by atoms with E-state index in [1.54, 1.807) is 5.57 Å². The molecule has 0 heteroatoms. The summed E-state index contributed by atoms with van der Waals surface area (Å²) >= 11 is 0. The lowest BCUT2D eigenvalue weighted by Gasteiger charge is -2.20. The van der Waals surface area contributed by atoms with E-state index >= 15 is 0 Å². The Bertz CT molecular complexity index is 190. The minimum Gasteiger partial charge on any atom is -0.0822 e. The van der Waals surface area contributed by atoms with E-state index in [9.17, 15) is 0 Å². The molecule has 0 nitrogen and oxygen atoms in total. The molecule has 0 N–H and O–H groups in total. The van der Waals surface area contributed by atoms with Crippen molar-refractivity contribution in [2.45, 2.75) is 46.0 Å². The molecular formula is C12H20. The lowest BCUT2D eigenvalue weighted by atomic mass is 9.85. The minimum absolute atomic E-state index is 1.00. The Balaban J connectivity index is 1.88. The van der Waals surface area contributed by atoms with Gasteiger partial charge in [0.05, 0.1) is 0 Å². The van der Waals surface area contributed by atoms with E-state index in [0.717, 1.165) is 17.8 Å². The molecule has 0 radical (unpaired) electrons. The van der Waals surface area contributed by atoms with Gasteiger partial charge in [-0.15, -0.1) is 0 Å². The Hall–Kier alpha value is -0.260. The van der Waals surface area contributed by atoms with Crippen LogP contribution < -0.4 is 0 Å². The summed E-state index contributed by atoms with van der Waals surface area (Å²) in [5, 5.41) is 0. The van der Waals surface area contributed by atoms with Gasteiger partial charge in [0.15, 0.2) is 0 Å². The van der Waals surface area contributed by atoms with Crippen molar-refractivity contribution in [2.24, 2.45) is 17.8 Å². The summed E-state index contributed by atoms with van der Waals surface area (Å²) in [7, 11) is 0. The van der Waals surface area contributed by atoms with Crippen LogP contribution in [0.1, 0.15) is 46.0 Å². The Morgan fingerprint density at radius 2 is 2.33 bits per heavy atom. The Morgan fingerprint density at radius 1 is 1.50 bits per heavy atom. The average molecular weight is 164 g/mol. The Morgan fingerprint density at radius 3 is 3.08 bits per heavy atom. The highest BCUT2D eigenvalue weighted by Crippen LogP contribution is 2.52. The molecule has 0 aromatic heterocycles. The monoisotopic (exact) mass is 164 g/mol. The molecule has 0 amide bonds. The zero-order chi connectivity index (χ0) is 8.55. The number of hydrogen-bond acceptors (Lipinski definition) is 0. The first-order valence-corrected chi connectivity index (χ1v) is 5.48. The van der Waals surface area contributed by atoms with Crippen LogP contribution in [0.2, 0.25) is 0 Å². The summed E-state index contributed by atoms with van der Waals surface area (Å²) in [5.41, 5.74) is 1.66. The van der Waals surface area contributed by atoms with Crippen molar-refractivity contribution in [1.82, 2.24) is 0 Å². The van der Waals surface area contributed by atoms with Gasteiger partial charge < -0.3 is 0 Å². The van der Waals surface area contributed by atoms with Crippen molar-refractivity contribution in [2.75, 3.05) is 0 Å². The predicted molar refractivity (Wildman–Crippen MR) is 53.0 cm³/mol. The van der Waals surface area contributed by atoms with Gasteiger partial charge in [-0.25, -0.2) is 0 Å². The summed E-state index contributed by atoms with van der Waals surface area (Å²) in [4.78, 5) is 0. The van der Waals surface area contributed by atoms with Crippen molar-refractivity contribution in [1.29, 1.82) is 0 Å². The Labute approximate surface area is 76.1 Å². The van der Waals surface area contributed by atoms with Gasteiger partial charge in [-0.3, -0.25) is 0 Å². The fourth-order valence-corrected chi connectivity index (χ4v) is 2.75. The van der Waals surface area contributed by atoms with Crippen LogP contribution in [0.4, 0.5) is 0 Å². The van der Waals surface area contributed by atoms with Crippen LogP contribution in [-0.4, -0.2) is 0 Å². The normalized spacial score (nSPS) is 38.8. The van der Waals surface area contributed by atoms with E-state index in [1.807, 2.05) is 0 Å². The first-order chi connectivity index (χ1) is 5.81. The second-order valence-electron chi connectivity index (χ2n) is 4.68. The molecule has 0 spiro atoms. The summed E-state index contributed by atoms with van der Waals surface area (Å²) < 4.78 is 0. The highest BCUT2D eigenvalue weighted by molar-refractivity contribution is 5.16. The third kappa shape index (κ3) is 1.57. The highest BCUT2D eigenvalue weighted by Gasteiger charge is 2.43. The summed E-state index contributed by atoms with van der Waals surface area (Å²) in [6.45, 7) is 4.61. The topological polar surface area (TPSA) is 0 Å². The molecule has 0 heterocycles. The molecule has 3 unspecified atom stereocenters. The number of allylic oxidation sites excluding steroid dienone is 2. The summed E-state index contributed by atoms with van der Waals surface area (Å²) in [5.74, 6) is 3.15. The minimum atomic E-state index is 1.00. The average Bonchev–Trinajstić information content (AvgIpc) is 2.78. The number of unbranched alkanes of at least 4 members (excludes halogenated alkanes) is 1. The number of hydrogen-bond donors (Lipinski definition) is 0. The molecule has 0 aliphatic heterocycles. The zero-order valence-electron chi connectivity index (χ0n) is 8.34. The van der Waals surface area contributed by atoms with Crippen LogP contribution in [0.15, 0.2) is 11.6 Å².